The first-order valence-corrected chi connectivity index (χ1v) is 12.5. The maximum atomic E-state index is 13.0. The number of rotatable bonds is 4. The molecule has 0 spiro atoms. The van der Waals surface area contributed by atoms with Crippen LogP contribution < -0.4 is 5.32 Å². The van der Waals surface area contributed by atoms with Crippen LogP contribution in [0.2, 0.25) is 0 Å². The second-order valence-corrected chi connectivity index (χ2v) is 10.4. The molecule has 0 atom stereocenters. The third-order valence-corrected chi connectivity index (χ3v) is 6.54. The van der Waals surface area contributed by atoms with Crippen LogP contribution in [0, 0.1) is 5.92 Å². The molecule has 186 valence electrons. The van der Waals surface area contributed by atoms with Gasteiger partial charge in [-0.1, -0.05) is 37.1 Å². The molecule has 2 aromatic carbocycles. The van der Waals surface area contributed by atoms with Crippen molar-refractivity contribution in [1.29, 1.82) is 0 Å². The molecule has 2 fully saturated rings. The van der Waals surface area contributed by atoms with E-state index in [9.17, 15) is 14.4 Å². The van der Waals surface area contributed by atoms with Gasteiger partial charge in [0.05, 0.1) is 0 Å². The van der Waals surface area contributed by atoms with Gasteiger partial charge in [0, 0.05) is 43.3 Å². The van der Waals surface area contributed by atoms with Gasteiger partial charge in [-0.2, -0.15) is 0 Å². The molecule has 2 aromatic rings. The fourth-order valence-electron chi connectivity index (χ4n) is 4.62. The van der Waals surface area contributed by atoms with Crippen molar-refractivity contribution in [2.45, 2.75) is 52.1 Å². The van der Waals surface area contributed by atoms with Gasteiger partial charge in [-0.3, -0.25) is 9.59 Å². The first kappa shape index (κ1) is 24.8. The Hall–Kier alpha value is -3.35. The van der Waals surface area contributed by atoms with Crippen LogP contribution in [-0.2, 0) is 9.53 Å². The highest BCUT2D eigenvalue weighted by Gasteiger charge is 2.28. The highest BCUT2D eigenvalue weighted by atomic mass is 16.6. The SMILES string of the molecule is CC(C)(C)OC(=O)N1CCN(C(=O)c2ccc(-c3cccc(NC(=O)C4CCCC4)c3)cc2)CC1. The summed E-state index contributed by atoms with van der Waals surface area (Å²) in [7, 11) is 0. The molecule has 2 aliphatic rings. The van der Waals surface area contributed by atoms with E-state index in [0.717, 1.165) is 42.5 Å². The summed E-state index contributed by atoms with van der Waals surface area (Å²) in [6, 6.07) is 15.3. The summed E-state index contributed by atoms with van der Waals surface area (Å²) in [6.45, 7) is 7.40. The summed E-state index contributed by atoms with van der Waals surface area (Å²) in [5.74, 6) is 0.181. The van der Waals surface area contributed by atoms with Gasteiger partial charge in [0.15, 0.2) is 0 Å². The Bertz CT molecular complexity index is 1060. The van der Waals surface area contributed by atoms with Gasteiger partial charge >= 0.3 is 6.09 Å². The van der Waals surface area contributed by atoms with Crippen LogP contribution in [0.1, 0.15) is 56.8 Å². The number of ether oxygens (including phenoxy) is 1. The Morgan fingerprint density at radius 2 is 1.49 bits per heavy atom. The Labute approximate surface area is 207 Å². The maximum absolute atomic E-state index is 13.0. The van der Waals surface area contributed by atoms with Gasteiger partial charge in [-0.25, -0.2) is 4.79 Å². The van der Waals surface area contributed by atoms with Crippen LogP contribution in [0.15, 0.2) is 48.5 Å². The van der Waals surface area contributed by atoms with Crippen LogP contribution >= 0.6 is 0 Å². The molecule has 4 rings (SSSR count). The smallest absolute Gasteiger partial charge is 0.410 e. The Kier molecular flexibility index (Phi) is 7.43. The summed E-state index contributed by atoms with van der Waals surface area (Å²) in [4.78, 5) is 41.1. The van der Waals surface area contributed by atoms with Gasteiger partial charge in [0.2, 0.25) is 5.91 Å². The summed E-state index contributed by atoms with van der Waals surface area (Å²) >= 11 is 0. The molecule has 1 saturated heterocycles. The van der Waals surface area contributed by atoms with E-state index in [-0.39, 0.29) is 23.8 Å². The molecule has 0 unspecified atom stereocenters. The number of benzene rings is 2. The van der Waals surface area contributed by atoms with Gasteiger partial charge in [0.25, 0.3) is 5.91 Å². The zero-order valence-corrected chi connectivity index (χ0v) is 20.9. The van der Waals surface area contributed by atoms with Crippen LogP contribution in [0.4, 0.5) is 10.5 Å². The van der Waals surface area contributed by atoms with Crippen molar-refractivity contribution in [1.82, 2.24) is 9.80 Å². The van der Waals surface area contributed by atoms with Gasteiger partial charge < -0.3 is 19.9 Å². The minimum absolute atomic E-state index is 0.0435. The lowest BCUT2D eigenvalue weighted by atomic mass is 10.0. The Balaban J connectivity index is 1.35. The van der Waals surface area contributed by atoms with Crippen molar-refractivity contribution in [3.8, 4) is 11.1 Å². The van der Waals surface area contributed by atoms with E-state index in [1.54, 1.807) is 9.80 Å². The van der Waals surface area contributed by atoms with Crippen molar-refractivity contribution in [2.24, 2.45) is 5.92 Å². The normalized spacial score (nSPS) is 16.8. The molecular weight excluding hydrogens is 442 g/mol. The third-order valence-electron chi connectivity index (χ3n) is 6.54. The number of carbonyl (C=O) groups excluding carboxylic acids is 3. The largest absolute Gasteiger partial charge is 0.444 e. The molecule has 1 saturated carbocycles. The molecule has 1 N–H and O–H groups in total. The highest BCUT2D eigenvalue weighted by Crippen LogP contribution is 2.28. The summed E-state index contributed by atoms with van der Waals surface area (Å²) in [5.41, 5.74) is 2.84. The topological polar surface area (TPSA) is 79.0 Å². The predicted molar refractivity (Wildman–Crippen MR) is 136 cm³/mol. The van der Waals surface area contributed by atoms with E-state index < -0.39 is 5.60 Å². The van der Waals surface area contributed by atoms with Gasteiger partial charge in [-0.15, -0.1) is 0 Å². The van der Waals surface area contributed by atoms with E-state index in [1.165, 1.54) is 0 Å². The first-order chi connectivity index (χ1) is 16.7. The number of amides is 3. The molecule has 0 bridgehead atoms. The number of anilines is 1. The van der Waals surface area contributed by atoms with E-state index in [4.69, 9.17) is 4.74 Å². The molecule has 0 aromatic heterocycles. The third kappa shape index (κ3) is 6.41. The van der Waals surface area contributed by atoms with E-state index in [2.05, 4.69) is 5.32 Å². The lowest BCUT2D eigenvalue weighted by molar-refractivity contribution is -0.119. The van der Waals surface area contributed by atoms with Gasteiger partial charge in [-0.05, 0) is 69.0 Å². The van der Waals surface area contributed by atoms with Crippen molar-refractivity contribution < 1.29 is 19.1 Å². The number of piperazine rings is 1. The van der Waals surface area contributed by atoms with Crippen molar-refractivity contribution in [2.75, 3.05) is 31.5 Å². The maximum Gasteiger partial charge on any atom is 0.410 e. The monoisotopic (exact) mass is 477 g/mol. The Morgan fingerprint density at radius 1 is 0.857 bits per heavy atom. The van der Waals surface area contributed by atoms with Crippen LogP contribution in [0.25, 0.3) is 11.1 Å². The predicted octanol–water partition coefficient (Wildman–Crippen LogP) is 5.18. The second kappa shape index (κ2) is 10.5. The average Bonchev–Trinajstić information content (AvgIpc) is 3.38. The van der Waals surface area contributed by atoms with Crippen molar-refractivity contribution >= 4 is 23.6 Å². The fraction of sp³-hybridized carbons (Fsp3) is 0.464. The molecule has 0 radical (unpaired) electrons. The molecular formula is C28H35N3O4. The zero-order valence-electron chi connectivity index (χ0n) is 20.9. The van der Waals surface area contributed by atoms with Gasteiger partial charge in [0.1, 0.15) is 5.60 Å². The fourth-order valence-corrected chi connectivity index (χ4v) is 4.62. The summed E-state index contributed by atoms with van der Waals surface area (Å²) in [5, 5.41) is 3.05. The van der Waals surface area contributed by atoms with E-state index >= 15 is 0 Å². The number of carbonyl (C=O) groups is 3. The number of nitrogens with zero attached hydrogens (tertiary/aromatic N) is 2. The van der Waals surface area contributed by atoms with Crippen LogP contribution in [0.3, 0.4) is 0 Å². The second-order valence-electron chi connectivity index (χ2n) is 10.4. The molecule has 1 heterocycles. The zero-order chi connectivity index (χ0) is 25.0. The van der Waals surface area contributed by atoms with Crippen molar-refractivity contribution in [3.63, 3.8) is 0 Å². The average molecular weight is 478 g/mol. The summed E-state index contributed by atoms with van der Waals surface area (Å²) in [6.07, 6.45) is 3.86. The number of hydrogen-bond acceptors (Lipinski definition) is 4. The van der Waals surface area contributed by atoms with E-state index in [1.807, 2.05) is 69.3 Å². The number of nitrogens with one attached hydrogen (secondary N) is 1. The van der Waals surface area contributed by atoms with Crippen molar-refractivity contribution in [3.05, 3.63) is 54.1 Å². The molecule has 7 heteroatoms. The molecule has 3 amide bonds. The first-order valence-electron chi connectivity index (χ1n) is 12.5. The van der Waals surface area contributed by atoms with Crippen LogP contribution in [0.5, 0.6) is 0 Å². The lowest BCUT2D eigenvalue weighted by Gasteiger charge is -2.35. The summed E-state index contributed by atoms with van der Waals surface area (Å²) < 4.78 is 5.43. The number of hydrogen-bond donors (Lipinski definition) is 1. The lowest BCUT2D eigenvalue weighted by Crippen LogP contribution is -2.51. The Morgan fingerprint density at radius 3 is 2.11 bits per heavy atom. The quantitative estimate of drug-likeness (QED) is 0.659. The molecule has 7 nitrogen and oxygen atoms in total. The minimum atomic E-state index is -0.535. The van der Waals surface area contributed by atoms with E-state index in [0.29, 0.717) is 31.7 Å². The standard InChI is InChI=1S/C28H35N3O4/c1-28(2,3)35-27(34)31-17-15-30(16-18-31)26(33)22-13-11-20(12-14-22)23-9-6-10-24(19-23)29-25(32)21-7-4-5-8-21/h6,9-14,19,21H,4-5,7-8,15-18H2,1-3H3,(H,29,32). The minimum Gasteiger partial charge on any atom is -0.444 e. The molecule has 1 aliphatic heterocycles. The van der Waals surface area contributed by atoms with Crippen LogP contribution in [-0.4, -0.2) is 59.5 Å². The molecule has 35 heavy (non-hydrogen) atoms. The highest BCUT2D eigenvalue weighted by molar-refractivity contribution is 5.95. The molecule has 1 aliphatic carbocycles.